The maximum Gasteiger partial charge on any atom is 0.308 e. The summed E-state index contributed by atoms with van der Waals surface area (Å²) in [4.78, 5) is 22.8. The Kier molecular flexibility index (Phi) is 4.13. The van der Waals surface area contributed by atoms with E-state index in [2.05, 4.69) is 5.32 Å². The van der Waals surface area contributed by atoms with Crippen molar-refractivity contribution >= 4 is 21.7 Å². The molecule has 0 bridgehead atoms. The van der Waals surface area contributed by atoms with E-state index in [9.17, 15) is 18.0 Å². The van der Waals surface area contributed by atoms with Gasteiger partial charge in [0.1, 0.15) is 0 Å². The van der Waals surface area contributed by atoms with E-state index in [4.69, 9.17) is 5.11 Å². The predicted molar refractivity (Wildman–Crippen MR) is 68.3 cm³/mol. The Morgan fingerprint density at radius 1 is 1.21 bits per heavy atom. The van der Waals surface area contributed by atoms with Crippen molar-refractivity contribution in [2.24, 2.45) is 11.8 Å². The fourth-order valence-electron chi connectivity index (χ4n) is 2.99. The molecule has 3 unspecified atom stereocenters. The summed E-state index contributed by atoms with van der Waals surface area (Å²) in [5, 5.41) is 11.8. The summed E-state index contributed by atoms with van der Waals surface area (Å²) in [5.74, 6) is -1.48. The van der Waals surface area contributed by atoms with E-state index in [0.717, 1.165) is 6.42 Å². The van der Waals surface area contributed by atoms with E-state index in [-0.39, 0.29) is 35.8 Å². The quantitative estimate of drug-likeness (QED) is 0.769. The van der Waals surface area contributed by atoms with E-state index in [0.29, 0.717) is 19.3 Å². The number of carboxylic acid groups (broad SMARTS) is 1. The molecule has 2 N–H and O–H groups in total. The lowest BCUT2D eigenvalue weighted by atomic mass is 10.0. The van der Waals surface area contributed by atoms with Crippen molar-refractivity contribution in [2.45, 2.75) is 38.1 Å². The molecule has 1 amide bonds. The Balaban J connectivity index is 1.83. The Morgan fingerprint density at radius 2 is 1.95 bits per heavy atom. The standard InChI is InChI=1S/C12H19NO5S/c14-11(6-8-4-5-19(17,18)7-8)13-10-3-1-2-9(10)12(15)16/h8-10H,1-7H2,(H,13,14)(H,15,16). The summed E-state index contributed by atoms with van der Waals surface area (Å²) >= 11 is 0. The van der Waals surface area contributed by atoms with Gasteiger partial charge in [0, 0.05) is 12.5 Å². The van der Waals surface area contributed by atoms with E-state index in [1.807, 2.05) is 0 Å². The second-order valence-electron chi connectivity index (χ2n) is 5.52. The highest BCUT2D eigenvalue weighted by Gasteiger charge is 2.35. The van der Waals surface area contributed by atoms with Crippen LogP contribution in [0.4, 0.5) is 0 Å². The first-order valence-electron chi connectivity index (χ1n) is 6.60. The number of carbonyl (C=O) groups is 2. The molecule has 1 aliphatic carbocycles. The smallest absolute Gasteiger partial charge is 0.308 e. The van der Waals surface area contributed by atoms with E-state index in [1.54, 1.807) is 0 Å². The van der Waals surface area contributed by atoms with Gasteiger partial charge in [-0.1, -0.05) is 6.42 Å². The minimum atomic E-state index is -2.97. The van der Waals surface area contributed by atoms with Crippen LogP contribution in [0, 0.1) is 11.8 Å². The van der Waals surface area contributed by atoms with Crippen LogP contribution in [0.15, 0.2) is 0 Å². The van der Waals surface area contributed by atoms with Crippen LogP contribution in [-0.2, 0) is 19.4 Å². The number of hydrogen-bond acceptors (Lipinski definition) is 4. The number of aliphatic carboxylic acids is 1. The van der Waals surface area contributed by atoms with Crippen LogP contribution in [0.3, 0.4) is 0 Å². The van der Waals surface area contributed by atoms with Crippen LogP contribution in [0.25, 0.3) is 0 Å². The summed E-state index contributed by atoms with van der Waals surface area (Å²) < 4.78 is 22.6. The molecular weight excluding hydrogens is 270 g/mol. The molecule has 0 aromatic carbocycles. The molecule has 3 atom stereocenters. The maximum absolute atomic E-state index is 11.8. The molecule has 0 radical (unpaired) electrons. The summed E-state index contributed by atoms with van der Waals surface area (Å²) in [6.45, 7) is 0. The molecular formula is C12H19NO5S. The summed E-state index contributed by atoms with van der Waals surface area (Å²) in [7, 11) is -2.97. The average Bonchev–Trinajstić information content (AvgIpc) is 2.85. The van der Waals surface area contributed by atoms with Gasteiger partial charge in [-0.3, -0.25) is 9.59 Å². The third kappa shape index (κ3) is 3.68. The van der Waals surface area contributed by atoms with Crippen molar-refractivity contribution in [3.05, 3.63) is 0 Å². The van der Waals surface area contributed by atoms with Crippen molar-refractivity contribution in [2.75, 3.05) is 11.5 Å². The normalized spacial score (nSPS) is 33.2. The van der Waals surface area contributed by atoms with Gasteiger partial charge in [-0.25, -0.2) is 8.42 Å². The highest BCUT2D eigenvalue weighted by atomic mass is 32.2. The van der Waals surface area contributed by atoms with Crippen molar-refractivity contribution in [1.29, 1.82) is 0 Å². The molecule has 1 saturated heterocycles. The van der Waals surface area contributed by atoms with Crippen LogP contribution in [-0.4, -0.2) is 42.9 Å². The Bertz CT molecular complexity index is 473. The molecule has 1 aliphatic heterocycles. The van der Waals surface area contributed by atoms with Gasteiger partial charge in [0.2, 0.25) is 5.91 Å². The van der Waals surface area contributed by atoms with Crippen molar-refractivity contribution in [1.82, 2.24) is 5.32 Å². The lowest BCUT2D eigenvalue weighted by Gasteiger charge is -2.18. The number of nitrogens with one attached hydrogen (secondary N) is 1. The molecule has 2 fully saturated rings. The lowest BCUT2D eigenvalue weighted by molar-refractivity contribution is -0.142. The first kappa shape index (κ1) is 14.3. The Hall–Kier alpha value is -1.11. The molecule has 108 valence electrons. The van der Waals surface area contributed by atoms with E-state index >= 15 is 0 Å². The topological polar surface area (TPSA) is 101 Å². The molecule has 1 heterocycles. The van der Waals surface area contributed by atoms with Crippen molar-refractivity contribution in [3.63, 3.8) is 0 Å². The summed E-state index contributed by atoms with van der Waals surface area (Å²) in [6.07, 6.45) is 2.80. The highest BCUT2D eigenvalue weighted by Crippen LogP contribution is 2.27. The zero-order valence-electron chi connectivity index (χ0n) is 10.7. The molecule has 6 nitrogen and oxygen atoms in total. The number of hydrogen-bond donors (Lipinski definition) is 2. The third-order valence-corrected chi connectivity index (χ3v) is 5.82. The van der Waals surface area contributed by atoms with E-state index < -0.39 is 21.7 Å². The second kappa shape index (κ2) is 5.48. The molecule has 2 aliphatic rings. The number of amides is 1. The number of rotatable bonds is 4. The molecule has 1 saturated carbocycles. The van der Waals surface area contributed by atoms with Crippen LogP contribution >= 0.6 is 0 Å². The van der Waals surface area contributed by atoms with Gasteiger partial charge in [-0.05, 0) is 25.2 Å². The average molecular weight is 289 g/mol. The molecule has 7 heteroatoms. The zero-order chi connectivity index (χ0) is 14.0. The molecule has 2 rings (SSSR count). The monoisotopic (exact) mass is 289 g/mol. The summed E-state index contributed by atoms with van der Waals surface area (Å²) in [6, 6.07) is -0.303. The van der Waals surface area contributed by atoms with Crippen LogP contribution < -0.4 is 5.32 Å². The largest absolute Gasteiger partial charge is 0.481 e. The van der Waals surface area contributed by atoms with E-state index in [1.165, 1.54) is 0 Å². The molecule has 0 aromatic heterocycles. The maximum atomic E-state index is 11.8. The first-order chi connectivity index (χ1) is 8.87. The Labute approximate surface area is 112 Å². The molecule has 0 aromatic rings. The van der Waals surface area contributed by atoms with Gasteiger partial charge in [0.05, 0.1) is 17.4 Å². The van der Waals surface area contributed by atoms with Crippen molar-refractivity contribution < 1.29 is 23.1 Å². The van der Waals surface area contributed by atoms with Crippen LogP contribution in [0.5, 0.6) is 0 Å². The summed E-state index contributed by atoms with van der Waals surface area (Å²) in [5.41, 5.74) is 0. The van der Waals surface area contributed by atoms with Gasteiger partial charge in [0.15, 0.2) is 9.84 Å². The van der Waals surface area contributed by atoms with Gasteiger partial charge >= 0.3 is 5.97 Å². The minimum absolute atomic E-state index is 0.0768. The predicted octanol–water partition coefficient (Wildman–Crippen LogP) is 0.181. The van der Waals surface area contributed by atoms with Crippen molar-refractivity contribution in [3.8, 4) is 0 Å². The number of carboxylic acids is 1. The fraction of sp³-hybridized carbons (Fsp3) is 0.833. The van der Waals surface area contributed by atoms with Gasteiger partial charge in [-0.2, -0.15) is 0 Å². The number of carbonyl (C=O) groups excluding carboxylic acids is 1. The van der Waals surface area contributed by atoms with Gasteiger partial charge in [0.25, 0.3) is 0 Å². The highest BCUT2D eigenvalue weighted by molar-refractivity contribution is 7.91. The lowest BCUT2D eigenvalue weighted by Crippen LogP contribution is -2.40. The molecule has 19 heavy (non-hydrogen) atoms. The number of sulfone groups is 1. The second-order valence-corrected chi connectivity index (χ2v) is 7.75. The Morgan fingerprint density at radius 3 is 2.53 bits per heavy atom. The van der Waals surface area contributed by atoms with Gasteiger partial charge in [-0.15, -0.1) is 0 Å². The SMILES string of the molecule is O=C(CC1CCS(=O)(=O)C1)NC1CCCC1C(=O)O. The third-order valence-electron chi connectivity index (χ3n) is 3.98. The first-order valence-corrected chi connectivity index (χ1v) is 8.42. The van der Waals surface area contributed by atoms with Gasteiger partial charge < -0.3 is 10.4 Å². The fourth-order valence-corrected chi connectivity index (χ4v) is 4.85. The minimum Gasteiger partial charge on any atom is -0.481 e. The van der Waals surface area contributed by atoms with Crippen LogP contribution in [0.2, 0.25) is 0 Å². The van der Waals surface area contributed by atoms with Crippen LogP contribution in [0.1, 0.15) is 32.1 Å². The molecule has 0 spiro atoms. The zero-order valence-corrected chi connectivity index (χ0v) is 11.5.